The van der Waals surface area contributed by atoms with Gasteiger partial charge in [-0.1, -0.05) is 42.5 Å². The second kappa shape index (κ2) is 8.16. The van der Waals surface area contributed by atoms with Crippen molar-refractivity contribution in [3.8, 4) is 0 Å². The van der Waals surface area contributed by atoms with Crippen molar-refractivity contribution < 1.29 is 23.9 Å². The number of nitrogens with zero attached hydrogens (tertiary/aromatic N) is 1. The first-order valence-corrected chi connectivity index (χ1v) is 8.97. The molecule has 1 heterocycles. The monoisotopic (exact) mass is 370 g/mol. The Labute approximate surface area is 157 Å². The SMILES string of the molecule is C[C@H](NC(=O)COC(=O)CN1C(=O)[C@H]2CC=CC[C@@H]2C1=O)c1ccccc1. The maximum absolute atomic E-state index is 12.3. The van der Waals surface area contributed by atoms with E-state index in [-0.39, 0.29) is 29.7 Å². The lowest BCUT2D eigenvalue weighted by atomic mass is 9.85. The number of allylic oxidation sites excluding steroid dienone is 2. The van der Waals surface area contributed by atoms with Crippen LogP contribution < -0.4 is 5.32 Å². The summed E-state index contributed by atoms with van der Waals surface area (Å²) in [5.41, 5.74) is 0.932. The fourth-order valence-electron chi connectivity index (χ4n) is 3.45. The summed E-state index contributed by atoms with van der Waals surface area (Å²) in [5, 5.41) is 2.73. The first-order valence-electron chi connectivity index (χ1n) is 8.97. The maximum Gasteiger partial charge on any atom is 0.326 e. The van der Waals surface area contributed by atoms with Gasteiger partial charge in [-0.15, -0.1) is 0 Å². The zero-order chi connectivity index (χ0) is 19.4. The number of carbonyl (C=O) groups excluding carboxylic acids is 4. The highest BCUT2D eigenvalue weighted by atomic mass is 16.5. The van der Waals surface area contributed by atoms with Gasteiger partial charge >= 0.3 is 5.97 Å². The maximum atomic E-state index is 12.3. The van der Waals surface area contributed by atoms with Gasteiger partial charge in [0, 0.05) is 0 Å². The van der Waals surface area contributed by atoms with Crippen LogP contribution in [0.15, 0.2) is 42.5 Å². The Morgan fingerprint density at radius 1 is 1.11 bits per heavy atom. The van der Waals surface area contributed by atoms with Crippen LogP contribution in [0.25, 0.3) is 0 Å². The Bertz CT molecular complexity index is 748. The minimum Gasteiger partial charge on any atom is -0.454 e. The Morgan fingerprint density at radius 2 is 1.70 bits per heavy atom. The largest absolute Gasteiger partial charge is 0.454 e. The fourth-order valence-corrected chi connectivity index (χ4v) is 3.45. The third-order valence-corrected chi connectivity index (χ3v) is 4.93. The normalized spacial score (nSPS) is 22.3. The topological polar surface area (TPSA) is 92.8 Å². The summed E-state index contributed by atoms with van der Waals surface area (Å²) in [6.45, 7) is 0.916. The smallest absolute Gasteiger partial charge is 0.326 e. The molecule has 1 aliphatic carbocycles. The van der Waals surface area contributed by atoms with Crippen LogP contribution in [0, 0.1) is 11.8 Å². The molecule has 0 spiro atoms. The molecule has 0 bridgehead atoms. The molecule has 27 heavy (non-hydrogen) atoms. The van der Waals surface area contributed by atoms with E-state index in [1.54, 1.807) is 0 Å². The number of carbonyl (C=O) groups is 4. The second-order valence-corrected chi connectivity index (χ2v) is 6.78. The Hall–Kier alpha value is -2.96. The van der Waals surface area contributed by atoms with E-state index in [1.165, 1.54) is 0 Å². The van der Waals surface area contributed by atoms with Crippen molar-refractivity contribution in [3.63, 3.8) is 0 Å². The minimum absolute atomic E-state index is 0.227. The van der Waals surface area contributed by atoms with E-state index in [0.717, 1.165) is 10.5 Å². The standard InChI is InChI=1S/C20H22N2O5/c1-13(14-7-3-2-4-8-14)21-17(23)12-27-18(24)11-22-19(25)15-9-5-6-10-16(15)20(22)26/h2-8,13,15-16H,9-12H2,1H3,(H,21,23)/t13-,15-,16-/m0/s1. The molecule has 1 aliphatic heterocycles. The van der Waals surface area contributed by atoms with Crippen molar-refractivity contribution in [2.45, 2.75) is 25.8 Å². The molecule has 7 heteroatoms. The zero-order valence-corrected chi connectivity index (χ0v) is 15.1. The van der Waals surface area contributed by atoms with Crippen LogP contribution >= 0.6 is 0 Å². The van der Waals surface area contributed by atoms with Gasteiger partial charge in [-0.25, -0.2) is 0 Å². The van der Waals surface area contributed by atoms with Gasteiger partial charge < -0.3 is 10.1 Å². The van der Waals surface area contributed by atoms with Crippen LogP contribution in [0.1, 0.15) is 31.4 Å². The minimum atomic E-state index is -0.772. The number of ether oxygens (including phenoxy) is 1. The number of imide groups is 1. The van der Waals surface area contributed by atoms with E-state index < -0.39 is 25.0 Å². The van der Waals surface area contributed by atoms with Crippen LogP contribution in [0.2, 0.25) is 0 Å². The molecule has 0 radical (unpaired) electrons. The number of hydrogen-bond acceptors (Lipinski definition) is 5. The highest BCUT2D eigenvalue weighted by Gasteiger charge is 2.47. The predicted octanol–water partition coefficient (Wildman–Crippen LogP) is 1.36. The molecule has 3 atom stereocenters. The van der Waals surface area contributed by atoms with Crippen LogP contribution in [-0.2, 0) is 23.9 Å². The molecule has 0 saturated carbocycles. The van der Waals surface area contributed by atoms with Gasteiger partial charge in [0.25, 0.3) is 5.91 Å². The molecule has 2 aliphatic rings. The second-order valence-electron chi connectivity index (χ2n) is 6.78. The summed E-state index contributed by atoms with van der Waals surface area (Å²) in [6.07, 6.45) is 4.79. The molecular formula is C20H22N2O5. The van der Waals surface area contributed by atoms with Crippen molar-refractivity contribution in [1.82, 2.24) is 10.2 Å². The number of esters is 1. The number of rotatable bonds is 6. The van der Waals surface area contributed by atoms with Gasteiger partial charge in [0.15, 0.2) is 6.61 Å². The Kier molecular flexibility index (Phi) is 5.69. The summed E-state index contributed by atoms with van der Waals surface area (Å²) >= 11 is 0. The van der Waals surface area contributed by atoms with Crippen molar-refractivity contribution in [1.29, 1.82) is 0 Å². The van der Waals surface area contributed by atoms with Crippen molar-refractivity contribution >= 4 is 23.7 Å². The van der Waals surface area contributed by atoms with E-state index in [4.69, 9.17) is 4.74 Å². The van der Waals surface area contributed by atoms with Crippen molar-refractivity contribution in [2.24, 2.45) is 11.8 Å². The molecular weight excluding hydrogens is 348 g/mol. The average molecular weight is 370 g/mol. The van der Waals surface area contributed by atoms with Gasteiger partial charge in [0.2, 0.25) is 11.8 Å². The van der Waals surface area contributed by atoms with Gasteiger partial charge in [-0.05, 0) is 25.3 Å². The van der Waals surface area contributed by atoms with Crippen LogP contribution in [0.5, 0.6) is 0 Å². The highest BCUT2D eigenvalue weighted by Crippen LogP contribution is 2.34. The van der Waals surface area contributed by atoms with E-state index in [1.807, 2.05) is 49.4 Å². The van der Waals surface area contributed by atoms with Crippen LogP contribution in [0.3, 0.4) is 0 Å². The first kappa shape index (κ1) is 18.8. The Balaban J connectivity index is 1.46. The first-order chi connectivity index (χ1) is 13.0. The van der Waals surface area contributed by atoms with Crippen molar-refractivity contribution in [2.75, 3.05) is 13.2 Å². The van der Waals surface area contributed by atoms with E-state index in [2.05, 4.69) is 5.32 Å². The molecule has 0 aromatic heterocycles. The molecule has 0 unspecified atom stereocenters. The molecule has 1 saturated heterocycles. The van der Waals surface area contributed by atoms with Gasteiger partial charge in [-0.2, -0.15) is 0 Å². The van der Waals surface area contributed by atoms with Gasteiger partial charge in [0.1, 0.15) is 6.54 Å². The number of likely N-dealkylation sites (tertiary alicyclic amines) is 1. The molecule has 7 nitrogen and oxygen atoms in total. The molecule has 3 rings (SSSR count). The predicted molar refractivity (Wildman–Crippen MR) is 96.0 cm³/mol. The third kappa shape index (κ3) is 4.24. The molecule has 3 amide bonds. The quantitative estimate of drug-likeness (QED) is 0.464. The molecule has 1 aromatic rings. The number of fused-ring (bicyclic) bond motifs is 1. The molecule has 142 valence electrons. The fraction of sp³-hybridized carbons (Fsp3) is 0.400. The lowest BCUT2D eigenvalue weighted by Crippen LogP contribution is -2.38. The van der Waals surface area contributed by atoms with Crippen LogP contribution in [0.4, 0.5) is 0 Å². The van der Waals surface area contributed by atoms with E-state index in [0.29, 0.717) is 12.8 Å². The summed E-state index contributed by atoms with van der Waals surface area (Å²) < 4.78 is 4.94. The third-order valence-electron chi connectivity index (χ3n) is 4.93. The Morgan fingerprint density at radius 3 is 2.30 bits per heavy atom. The van der Waals surface area contributed by atoms with Crippen LogP contribution in [-0.4, -0.2) is 41.7 Å². The summed E-state index contributed by atoms with van der Waals surface area (Å²) in [4.78, 5) is 49.5. The molecule has 1 fully saturated rings. The van der Waals surface area contributed by atoms with Gasteiger partial charge in [-0.3, -0.25) is 24.1 Å². The molecule has 1 N–H and O–H groups in total. The van der Waals surface area contributed by atoms with Gasteiger partial charge in [0.05, 0.1) is 17.9 Å². The number of nitrogens with one attached hydrogen (secondary N) is 1. The summed E-state index contributed by atoms with van der Waals surface area (Å²) in [7, 11) is 0. The number of hydrogen-bond donors (Lipinski definition) is 1. The average Bonchev–Trinajstić information content (AvgIpc) is 2.92. The summed E-state index contributed by atoms with van der Waals surface area (Å²) in [6, 6.07) is 9.16. The van der Waals surface area contributed by atoms with Crippen molar-refractivity contribution in [3.05, 3.63) is 48.0 Å². The zero-order valence-electron chi connectivity index (χ0n) is 15.1. The molecule has 1 aromatic carbocycles. The number of amides is 3. The highest BCUT2D eigenvalue weighted by molar-refractivity contribution is 6.07. The van der Waals surface area contributed by atoms with E-state index >= 15 is 0 Å². The van der Waals surface area contributed by atoms with E-state index in [9.17, 15) is 19.2 Å². The lowest BCUT2D eigenvalue weighted by molar-refractivity contribution is -0.155. The number of benzene rings is 1. The lowest BCUT2D eigenvalue weighted by Gasteiger charge is -2.16. The summed E-state index contributed by atoms with van der Waals surface area (Å²) in [5.74, 6) is -2.67.